The van der Waals surface area contributed by atoms with Crippen LogP contribution in [0.25, 0.3) is 10.9 Å². The van der Waals surface area contributed by atoms with Gasteiger partial charge < -0.3 is 34.7 Å². The Morgan fingerprint density at radius 1 is 0.868 bits per heavy atom. The van der Waals surface area contributed by atoms with E-state index in [1.165, 1.54) is 0 Å². The van der Waals surface area contributed by atoms with Crippen LogP contribution in [0.15, 0.2) is 60.8 Å². The number of likely N-dealkylation sites (tertiary alicyclic amines) is 1. The zero-order valence-electron chi connectivity index (χ0n) is 42.7. The molecule has 1 aromatic heterocycles. The van der Waals surface area contributed by atoms with E-state index in [1.807, 2.05) is 126 Å². The van der Waals surface area contributed by atoms with Crippen LogP contribution in [0.5, 0.6) is 0 Å². The summed E-state index contributed by atoms with van der Waals surface area (Å²) in [7, 11) is 6.71. The summed E-state index contributed by atoms with van der Waals surface area (Å²) < 4.78 is 12.2. The topological polar surface area (TPSA) is 179 Å². The second kappa shape index (κ2) is 26.7. The lowest BCUT2D eigenvalue weighted by Gasteiger charge is -2.41. The molecule has 2 heterocycles. The lowest BCUT2D eigenvalue weighted by Crippen LogP contribution is -2.54. The van der Waals surface area contributed by atoms with Crippen LogP contribution in [-0.2, 0) is 51.2 Å². The van der Waals surface area contributed by atoms with Crippen molar-refractivity contribution in [2.75, 3.05) is 41.4 Å². The number of benzene rings is 2. The number of carboxylic acids is 1. The second-order valence-electron chi connectivity index (χ2n) is 19.9. The van der Waals surface area contributed by atoms with Gasteiger partial charge in [-0.3, -0.25) is 33.7 Å². The Balaban J connectivity index is 1.50. The molecule has 3 amide bonds. The average Bonchev–Trinajstić information content (AvgIpc) is 3.97. The summed E-state index contributed by atoms with van der Waals surface area (Å²) in [6.07, 6.45) is 3.50. The monoisotopic (exact) mass is 944 g/mol. The summed E-state index contributed by atoms with van der Waals surface area (Å²) in [6.45, 7) is 15.0. The Morgan fingerprint density at radius 3 is 2.16 bits per heavy atom. The number of ether oxygens (including phenoxy) is 2. The first-order chi connectivity index (χ1) is 32.3. The number of carboxylic acid groups (broad SMARTS) is 1. The maximum absolute atomic E-state index is 14.6. The molecule has 376 valence electrons. The van der Waals surface area contributed by atoms with Gasteiger partial charge in [0.25, 0.3) is 0 Å². The summed E-state index contributed by atoms with van der Waals surface area (Å²) in [5.41, 5.74) is 2.87. The molecule has 1 fully saturated rings. The number of rotatable bonds is 29. The molecular formula is C54H81N5O9. The number of likely N-dealkylation sites (N-methyl/N-ethyl adjacent to an activating group) is 2. The number of amides is 3. The highest BCUT2D eigenvalue weighted by Crippen LogP contribution is 2.32. The van der Waals surface area contributed by atoms with Gasteiger partial charge in [0.2, 0.25) is 17.7 Å². The van der Waals surface area contributed by atoms with Crippen LogP contribution in [0.1, 0.15) is 111 Å². The quantitative estimate of drug-likeness (QED) is 0.0629. The number of ketones is 2. The highest BCUT2D eigenvalue weighted by molar-refractivity contribution is 5.91. The molecule has 0 spiro atoms. The van der Waals surface area contributed by atoms with Crippen molar-refractivity contribution in [3.8, 4) is 0 Å². The third kappa shape index (κ3) is 14.8. The number of Topliss-reactive ketones (excluding diaryl/α,β-unsaturated/α-hetero) is 2. The van der Waals surface area contributed by atoms with Gasteiger partial charge in [0.1, 0.15) is 5.78 Å². The van der Waals surface area contributed by atoms with Crippen LogP contribution < -0.4 is 5.32 Å². The fourth-order valence-corrected chi connectivity index (χ4v) is 10.5. The molecule has 68 heavy (non-hydrogen) atoms. The molecule has 2 aromatic carbocycles. The standard InChI is InChI=1S/C54H81N5O9/c1-12-36(6)51(58(9)54(66)42(34(2)3)30-46(61)50(35(4)5)57(8)26-19-25-49(63)64)47(67-10)31-48(62)59-27-18-24-44(59)52(68-11)37(7)45(60)29-39(53(65)56-32-38-20-14-13-15-21-38)28-40-33-55-43-23-17-16-22-41(40)43/h13-17,20-23,33-37,39,42,44,47,50-52,55H,12,18-19,24-32H2,1-11H3,(H,56,65)(H,63,64)/t36-,37-,39+,42-,44-,47+,50-,51-,52+/m0/s1. The highest BCUT2D eigenvalue weighted by atomic mass is 16.5. The SMILES string of the molecule is CC[C@H](C)[C@@H]([C@@H](CC(=O)N1CCC[C@H]1[C@H](OC)[C@@H](C)C(=O)C[C@@H](Cc1c[nH]c2ccccc12)C(=O)NCc1ccccc1)OC)N(C)C(=O)[C@@H](CC(=O)[C@H](C(C)C)N(C)CCCC(=O)O)C(C)C. The van der Waals surface area contributed by atoms with E-state index in [9.17, 15) is 28.8 Å². The molecule has 0 unspecified atom stereocenters. The van der Waals surface area contributed by atoms with Crippen LogP contribution in [0.2, 0.25) is 0 Å². The first kappa shape index (κ1) is 55.7. The minimum absolute atomic E-state index is 0.00485. The molecule has 3 aromatic rings. The molecule has 1 saturated heterocycles. The van der Waals surface area contributed by atoms with Crippen molar-refractivity contribution in [3.05, 3.63) is 71.9 Å². The molecule has 9 atom stereocenters. The molecule has 0 bridgehead atoms. The van der Waals surface area contributed by atoms with E-state index < -0.39 is 54.1 Å². The van der Waals surface area contributed by atoms with Gasteiger partial charge in [0, 0.05) is 88.5 Å². The number of H-pyrrole nitrogens is 1. The molecule has 1 aliphatic heterocycles. The summed E-state index contributed by atoms with van der Waals surface area (Å²) in [4.78, 5) is 91.4. The second-order valence-corrected chi connectivity index (χ2v) is 19.9. The third-order valence-electron chi connectivity index (χ3n) is 14.5. The summed E-state index contributed by atoms with van der Waals surface area (Å²) >= 11 is 0. The molecule has 0 radical (unpaired) electrons. The van der Waals surface area contributed by atoms with Gasteiger partial charge in [-0.1, -0.05) is 103 Å². The van der Waals surface area contributed by atoms with Crippen molar-refractivity contribution >= 4 is 46.2 Å². The number of hydrogen-bond acceptors (Lipinski definition) is 9. The van der Waals surface area contributed by atoms with Crippen molar-refractivity contribution in [2.45, 2.75) is 143 Å². The third-order valence-corrected chi connectivity index (χ3v) is 14.5. The predicted octanol–water partition coefficient (Wildman–Crippen LogP) is 7.58. The van der Waals surface area contributed by atoms with Gasteiger partial charge in [-0.2, -0.15) is 0 Å². The van der Waals surface area contributed by atoms with E-state index in [-0.39, 0.29) is 72.7 Å². The zero-order valence-corrected chi connectivity index (χ0v) is 42.7. The van der Waals surface area contributed by atoms with Crippen LogP contribution in [0.4, 0.5) is 0 Å². The lowest BCUT2D eigenvalue weighted by molar-refractivity contribution is -0.149. The molecule has 14 nitrogen and oxygen atoms in total. The number of methoxy groups -OCH3 is 2. The number of hydrogen-bond donors (Lipinski definition) is 3. The highest BCUT2D eigenvalue weighted by Gasteiger charge is 2.43. The van der Waals surface area contributed by atoms with E-state index in [0.29, 0.717) is 45.3 Å². The number of nitrogens with one attached hydrogen (secondary N) is 2. The van der Waals surface area contributed by atoms with Crippen LogP contribution >= 0.6 is 0 Å². The van der Waals surface area contributed by atoms with E-state index in [2.05, 4.69) is 10.3 Å². The molecule has 1 aliphatic rings. The van der Waals surface area contributed by atoms with Gasteiger partial charge in [-0.05, 0) is 74.2 Å². The number of aromatic nitrogens is 1. The Labute approximate surface area is 405 Å². The van der Waals surface area contributed by atoms with Crippen molar-refractivity contribution in [1.82, 2.24) is 25.0 Å². The van der Waals surface area contributed by atoms with Crippen molar-refractivity contribution < 1.29 is 43.3 Å². The minimum Gasteiger partial charge on any atom is -0.481 e. The predicted molar refractivity (Wildman–Crippen MR) is 266 cm³/mol. The van der Waals surface area contributed by atoms with E-state index >= 15 is 0 Å². The number of aromatic amines is 1. The molecule has 0 saturated carbocycles. The zero-order chi connectivity index (χ0) is 50.2. The molecule has 14 heteroatoms. The van der Waals surface area contributed by atoms with Gasteiger partial charge in [0.15, 0.2) is 5.78 Å². The van der Waals surface area contributed by atoms with E-state index in [0.717, 1.165) is 28.5 Å². The Bertz CT molecular complexity index is 2110. The average molecular weight is 944 g/mol. The summed E-state index contributed by atoms with van der Waals surface area (Å²) in [5.74, 6) is -3.78. The maximum atomic E-state index is 14.6. The van der Waals surface area contributed by atoms with Crippen LogP contribution in [0.3, 0.4) is 0 Å². The first-order valence-electron chi connectivity index (χ1n) is 24.8. The number of carbonyl (C=O) groups excluding carboxylic acids is 5. The Kier molecular flexibility index (Phi) is 21.9. The van der Waals surface area contributed by atoms with E-state index in [1.54, 1.807) is 26.2 Å². The van der Waals surface area contributed by atoms with Crippen molar-refractivity contribution in [1.29, 1.82) is 0 Å². The van der Waals surface area contributed by atoms with Gasteiger partial charge >= 0.3 is 5.97 Å². The maximum Gasteiger partial charge on any atom is 0.303 e. The fourth-order valence-electron chi connectivity index (χ4n) is 10.5. The minimum atomic E-state index is -0.881. The number of fused-ring (bicyclic) bond motifs is 1. The van der Waals surface area contributed by atoms with Crippen LogP contribution in [0, 0.1) is 35.5 Å². The van der Waals surface area contributed by atoms with Gasteiger partial charge in [-0.25, -0.2) is 0 Å². The van der Waals surface area contributed by atoms with Gasteiger partial charge in [0.05, 0.1) is 36.8 Å². The Morgan fingerprint density at radius 2 is 1.54 bits per heavy atom. The Hall–Kier alpha value is -4.92. The largest absolute Gasteiger partial charge is 0.481 e. The first-order valence-corrected chi connectivity index (χ1v) is 24.8. The van der Waals surface area contributed by atoms with E-state index in [4.69, 9.17) is 14.6 Å². The fraction of sp³-hybridized carbons (Fsp3) is 0.630. The summed E-state index contributed by atoms with van der Waals surface area (Å²) in [6, 6.07) is 16.2. The summed E-state index contributed by atoms with van der Waals surface area (Å²) in [5, 5.41) is 13.2. The molecular weight excluding hydrogens is 863 g/mol. The number of nitrogens with zero attached hydrogens (tertiary/aromatic N) is 3. The molecule has 3 N–H and O–H groups in total. The lowest BCUT2D eigenvalue weighted by atomic mass is 9.83. The number of carbonyl (C=O) groups is 6. The van der Waals surface area contributed by atoms with Gasteiger partial charge in [-0.15, -0.1) is 0 Å². The van der Waals surface area contributed by atoms with Crippen molar-refractivity contribution in [3.63, 3.8) is 0 Å². The molecule has 0 aliphatic carbocycles. The number of para-hydroxylation sites is 1. The smallest absolute Gasteiger partial charge is 0.303 e. The van der Waals surface area contributed by atoms with Crippen molar-refractivity contribution in [2.24, 2.45) is 35.5 Å². The van der Waals surface area contributed by atoms with Crippen LogP contribution in [-0.4, -0.2) is 132 Å². The normalized spacial score (nSPS) is 17.7. The molecule has 4 rings (SSSR count). The number of aliphatic carboxylic acids is 1.